The first-order valence-electron chi connectivity index (χ1n) is 8.47. The molecule has 2 N–H and O–H groups in total. The van der Waals surface area contributed by atoms with Gasteiger partial charge in [-0.2, -0.15) is 8.78 Å². The van der Waals surface area contributed by atoms with Gasteiger partial charge in [0.25, 0.3) is 10.0 Å². The first-order valence-corrected chi connectivity index (χ1v) is 10.8. The number of para-hydroxylation sites is 2. The molecule has 0 aliphatic heterocycles. The van der Waals surface area contributed by atoms with Gasteiger partial charge < -0.3 is 5.11 Å². The highest BCUT2D eigenvalue weighted by atomic mass is 32.2. The van der Waals surface area contributed by atoms with Crippen LogP contribution >= 0.6 is 11.3 Å². The summed E-state index contributed by atoms with van der Waals surface area (Å²) >= 11 is 0.800. The van der Waals surface area contributed by atoms with E-state index < -0.39 is 22.5 Å². The second-order valence-electron chi connectivity index (χ2n) is 6.17. The molecular weight excluding hydrogens is 436 g/mol. The third-order valence-corrected chi connectivity index (χ3v) is 6.75. The van der Waals surface area contributed by atoms with Crippen molar-refractivity contribution in [3.05, 3.63) is 64.9 Å². The smallest absolute Gasteiger partial charge is 0.347 e. The lowest BCUT2D eigenvalue weighted by Gasteiger charge is -2.10. The van der Waals surface area contributed by atoms with Crippen LogP contribution in [0.2, 0.25) is 0 Å². The van der Waals surface area contributed by atoms with Crippen LogP contribution in [0.5, 0.6) is 0 Å². The van der Waals surface area contributed by atoms with Crippen LogP contribution in [0.25, 0.3) is 22.4 Å². The van der Waals surface area contributed by atoms with E-state index >= 15 is 0 Å². The largest absolute Gasteiger partial charge is 0.477 e. The number of fused-ring (bicyclic) bond motifs is 1. The van der Waals surface area contributed by atoms with E-state index in [9.17, 15) is 22.0 Å². The predicted molar refractivity (Wildman–Crippen MR) is 109 cm³/mol. The van der Waals surface area contributed by atoms with Gasteiger partial charge in [-0.05, 0) is 47.8 Å². The van der Waals surface area contributed by atoms with Crippen molar-refractivity contribution >= 4 is 44.1 Å². The van der Waals surface area contributed by atoms with Gasteiger partial charge in [-0.1, -0.05) is 12.1 Å². The summed E-state index contributed by atoms with van der Waals surface area (Å²) in [5.74, 6) is -1.29. The van der Waals surface area contributed by atoms with Crippen LogP contribution in [0.1, 0.15) is 16.2 Å². The number of aromatic nitrogens is 2. The fraction of sp³-hybridized carbons (Fsp3) is 0.0526. The maximum atomic E-state index is 13.6. The minimum absolute atomic E-state index is 0.0478. The van der Waals surface area contributed by atoms with Crippen molar-refractivity contribution in [2.75, 3.05) is 4.72 Å². The zero-order valence-electron chi connectivity index (χ0n) is 15.0. The number of benzene rings is 2. The number of carbonyl (C=O) groups is 1. The summed E-state index contributed by atoms with van der Waals surface area (Å²) in [7, 11) is -4.13. The van der Waals surface area contributed by atoms with Gasteiger partial charge in [0, 0.05) is 11.3 Å². The Morgan fingerprint density at radius 1 is 1.10 bits per heavy atom. The number of carboxylic acids is 1. The average molecular weight is 449 g/mol. The fourth-order valence-corrected chi connectivity index (χ4v) is 5.33. The average Bonchev–Trinajstić information content (AvgIpc) is 3.34. The second kappa shape index (κ2) is 7.50. The standard InChI is InChI=1S/C19H13F2N3O4S2/c20-19(21)24-14-4-2-1-3-13(14)22-17(24)11-5-7-12(8-6-11)23-30(27,28)15-9-10-29-16(15)18(25)26/h1-10,19,23H,(H,25,26). The van der Waals surface area contributed by atoms with Crippen LogP contribution in [0.15, 0.2) is 64.9 Å². The highest BCUT2D eigenvalue weighted by Crippen LogP contribution is 2.31. The zero-order valence-corrected chi connectivity index (χ0v) is 16.6. The number of alkyl halides is 2. The van der Waals surface area contributed by atoms with Crippen LogP contribution in [-0.2, 0) is 10.0 Å². The van der Waals surface area contributed by atoms with Gasteiger partial charge in [-0.3, -0.25) is 9.29 Å². The molecule has 30 heavy (non-hydrogen) atoms. The highest BCUT2D eigenvalue weighted by Gasteiger charge is 2.24. The van der Waals surface area contributed by atoms with Gasteiger partial charge >= 0.3 is 12.5 Å². The molecule has 2 aromatic heterocycles. The van der Waals surface area contributed by atoms with Gasteiger partial charge in [-0.25, -0.2) is 18.2 Å². The molecule has 11 heteroatoms. The molecule has 0 saturated carbocycles. The van der Waals surface area contributed by atoms with E-state index in [2.05, 4.69) is 9.71 Å². The number of imidazole rings is 1. The lowest BCUT2D eigenvalue weighted by molar-refractivity contribution is 0.0697. The Balaban J connectivity index is 1.67. The van der Waals surface area contributed by atoms with Gasteiger partial charge in [0.2, 0.25) is 0 Å². The number of hydrogen-bond donors (Lipinski definition) is 2. The van der Waals surface area contributed by atoms with Crippen LogP contribution in [0.4, 0.5) is 14.5 Å². The number of hydrogen-bond acceptors (Lipinski definition) is 5. The molecule has 0 atom stereocenters. The van der Waals surface area contributed by atoms with Gasteiger partial charge in [0.05, 0.1) is 11.0 Å². The molecule has 0 amide bonds. The van der Waals surface area contributed by atoms with Crippen LogP contribution < -0.4 is 4.72 Å². The number of aromatic carboxylic acids is 1. The molecule has 0 fully saturated rings. The maximum Gasteiger partial charge on any atom is 0.347 e. The summed E-state index contributed by atoms with van der Waals surface area (Å²) < 4.78 is 55.4. The Kier molecular flexibility index (Phi) is 5.00. The Morgan fingerprint density at radius 2 is 1.80 bits per heavy atom. The van der Waals surface area contributed by atoms with E-state index in [1.54, 1.807) is 24.3 Å². The Hall–Kier alpha value is -3.31. The molecule has 0 aliphatic rings. The normalized spacial score (nSPS) is 11.8. The Bertz CT molecular complexity index is 1350. The minimum atomic E-state index is -4.13. The van der Waals surface area contributed by atoms with Crippen molar-refractivity contribution in [2.24, 2.45) is 0 Å². The van der Waals surface area contributed by atoms with Crippen molar-refractivity contribution in [2.45, 2.75) is 11.4 Å². The molecule has 2 heterocycles. The number of rotatable bonds is 6. The molecule has 0 aliphatic carbocycles. The van der Waals surface area contributed by atoms with E-state index in [1.807, 2.05) is 0 Å². The quantitative estimate of drug-likeness (QED) is 0.446. The van der Waals surface area contributed by atoms with Crippen molar-refractivity contribution in [3.8, 4) is 11.4 Å². The van der Waals surface area contributed by atoms with Crippen LogP contribution in [0, 0.1) is 0 Å². The predicted octanol–water partition coefficient (Wildman–Crippen LogP) is 4.66. The number of nitrogens with zero attached hydrogens (tertiary/aromatic N) is 2. The van der Waals surface area contributed by atoms with E-state index in [-0.39, 0.29) is 26.8 Å². The van der Waals surface area contributed by atoms with E-state index in [4.69, 9.17) is 5.11 Å². The van der Waals surface area contributed by atoms with Gasteiger partial charge in [-0.15, -0.1) is 11.3 Å². The van der Waals surface area contributed by atoms with E-state index in [0.717, 1.165) is 15.9 Å². The van der Waals surface area contributed by atoms with Crippen LogP contribution in [0.3, 0.4) is 0 Å². The molecule has 2 aromatic carbocycles. The first-order chi connectivity index (χ1) is 14.3. The lowest BCUT2D eigenvalue weighted by atomic mass is 10.2. The summed E-state index contributed by atoms with van der Waals surface area (Å²) in [6.45, 7) is -2.81. The molecule has 0 bridgehead atoms. The minimum Gasteiger partial charge on any atom is -0.477 e. The van der Waals surface area contributed by atoms with Crippen molar-refractivity contribution in [1.29, 1.82) is 0 Å². The van der Waals surface area contributed by atoms with Gasteiger partial charge in [0.1, 0.15) is 15.6 Å². The topological polar surface area (TPSA) is 101 Å². The lowest BCUT2D eigenvalue weighted by Crippen LogP contribution is -2.15. The number of nitrogens with one attached hydrogen (secondary N) is 1. The molecule has 154 valence electrons. The molecule has 7 nitrogen and oxygen atoms in total. The van der Waals surface area contributed by atoms with E-state index in [1.165, 1.54) is 35.7 Å². The molecule has 0 spiro atoms. The molecule has 4 aromatic rings. The summed E-state index contributed by atoms with van der Waals surface area (Å²) in [6, 6.07) is 13.4. The van der Waals surface area contributed by atoms with Crippen molar-refractivity contribution in [3.63, 3.8) is 0 Å². The summed E-state index contributed by atoms with van der Waals surface area (Å²) in [5, 5.41) is 10.5. The SMILES string of the molecule is O=C(O)c1sccc1S(=O)(=O)Nc1ccc(-c2nc3ccccc3n2C(F)F)cc1. The van der Waals surface area contributed by atoms with Crippen LogP contribution in [-0.4, -0.2) is 29.0 Å². The number of anilines is 1. The number of halogens is 2. The molecular formula is C19H13F2N3O4S2. The molecule has 0 saturated heterocycles. The molecule has 4 rings (SSSR count). The zero-order chi connectivity index (χ0) is 21.5. The van der Waals surface area contributed by atoms with Gasteiger partial charge in [0.15, 0.2) is 0 Å². The third-order valence-electron chi connectivity index (χ3n) is 4.30. The molecule has 0 unspecified atom stereocenters. The summed E-state index contributed by atoms with van der Waals surface area (Å²) in [5.41, 5.74) is 1.22. The monoisotopic (exact) mass is 449 g/mol. The molecule has 0 radical (unpaired) electrons. The third kappa shape index (κ3) is 3.53. The Labute approximate surface area is 173 Å². The summed E-state index contributed by atoms with van der Waals surface area (Å²) in [6.07, 6.45) is 0. The van der Waals surface area contributed by atoms with Crippen molar-refractivity contribution in [1.82, 2.24) is 9.55 Å². The number of thiophene rings is 1. The first kappa shape index (κ1) is 20.0. The second-order valence-corrected chi connectivity index (χ2v) is 8.74. The number of sulfonamides is 1. The Morgan fingerprint density at radius 3 is 2.47 bits per heavy atom. The number of carboxylic acid groups (broad SMARTS) is 1. The van der Waals surface area contributed by atoms with Crippen molar-refractivity contribution < 1.29 is 27.1 Å². The fourth-order valence-electron chi connectivity index (χ4n) is 3.01. The summed E-state index contributed by atoms with van der Waals surface area (Å²) in [4.78, 5) is 14.8. The highest BCUT2D eigenvalue weighted by molar-refractivity contribution is 7.93. The van der Waals surface area contributed by atoms with E-state index in [0.29, 0.717) is 11.1 Å². The maximum absolute atomic E-state index is 13.6.